The van der Waals surface area contributed by atoms with Crippen LogP contribution in [0.2, 0.25) is 0 Å². The van der Waals surface area contributed by atoms with Crippen LogP contribution >= 0.6 is 0 Å². The minimum atomic E-state index is 0. The summed E-state index contributed by atoms with van der Waals surface area (Å²) in [6, 6.07) is 35.6. The van der Waals surface area contributed by atoms with E-state index in [-0.39, 0.29) is 7.43 Å². The van der Waals surface area contributed by atoms with Gasteiger partial charge in [0.1, 0.15) is 5.71 Å². The lowest BCUT2D eigenvalue weighted by Gasteiger charge is -2.01. The van der Waals surface area contributed by atoms with E-state index >= 15 is 0 Å². The van der Waals surface area contributed by atoms with Crippen LogP contribution in [0, 0.1) is 0 Å². The summed E-state index contributed by atoms with van der Waals surface area (Å²) in [4.78, 5) is 5.15. The fraction of sp³-hybridized carbons (Fsp3) is 0.0345. The fourth-order valence-corrected chi connectivity index (χ4v) is 4.24. The number of pyridine rings is 2. The molecule has 0 saturated heterocycles. The van der Waals surface area contributed by atoms with Crippen LogP contribution in [-0.4, -0.2) is 10.1 Å². The quantitative estimate of drug-likeness (QED) is 0.298. The average molecular weight is 415 g/mol. The van der Waals surface area contributed by atoms with Crippen molar-refractivity contribution in [1.82, 2.24) is 4.40 Å². The van der Waals surface area contributed by atoms with Gasteiger partial charge in [-0.2, -0.15) is 4.57 Å². The van der Waals surface area contributed by atoms with E-state index in [4.69, 9.17) is 4.99 Å². The first kappa shape index (κ1) is 19.7. The molecular formula is C29H24N3+. The SMILES string of the molecule is C.C1=C(c2ccccc2)[n+]2ccccc2C1=Nc1cc(-c2ccccc2)n2ccccc12. The van der Waals surface area contributed by atoms with Crippen molar-refractivity contribution in [2.75, 3.05) is 0 Å². The van der Waals surface area contributed by atoms with Gasteiger partial charge >= 0.3 is 0 Å². The number of nitrogens with zero attached hydrogens (tertiary/aromatic N) is 3. The molecule has 0 aliphatic carbocycles. The Kier molecular flexibility index (Phi) is 5.00. The molecule has 2 aromatic carbocycles. The van der Waals surface area contributed by atoms with Crippen LogP contribution in [-0.2, 0) is 0 Å². The van der Waals surface area contributed by atoms with Gasteiger partial charge in [-0.05, 0) is 42.0 Å². The molecule has 0 bridgehead atoms. The number of aromatic nitrogens is 2. The maximum Gasteiger partial charge on any atom is 0.237 e. The van der Waals surface area contributed by atoms with Crippen molar-refractivity contribution in [3.8, 4) is 11.3 Å². The highest BCUT2D eigenvalue weighted by Crippen LogP contribution is 2.32. The van der Waals surface area contributed by atoms with E-state index in [0.717, 1.165) is 34.0 Å². The molecule has 0 radical (unpaired) electrons. The largest absolute Gasteiger partial charge is 0.314 e. The molecule has 0 N–H and O–H groups in total. The van der Waals surface area contributed by atoms with Crippen LogP contribution in [0.3, 0.4) is 0 Å². The molecule has 32 heavy (non-hydrogen) atoms. The Morgan fingerprint density at radius 3 is 2.16 bits per heavy atom. The van der Waals surface area contributed by atoms with Crippen LogP contribution < -0.4 is 4.57 Å². The molecule has 0 atom stereocenters. The Bertz CT molecular complexity index is 1460. The highest BCUT2D eigenvalue weighted by molar-refractivity contribution is 6.13. The smallest absolute Gasteiger partial charge is 0.237 e. The maximum absolute atomic E-state index is 5.15. The number of rotatable bonds is 3. The third-order valence-electron chi connectivity index (χ3n) is 5.69. The number of benzene rings is 2. The predicted molar refractivity (Wildman–Crippen MR) is 132 cm³/mol. The van der Waals surface area contributed by atoms with Gasteiger partial charge in [0, 0.05) is 30.0 Å². The van der Waals surface area contributed by atoms with Gasteiger partial charge in [0.15, 0.2) is 6.20 Å². The van der Waals surface area contributed by atoms with E-state index in [9.17, 15) is 0 Å². The molecule has 154 valence electrons. The first-order valence-electron chi connectivity index (χ1n) is 10.4. The normalized spacial score (nSPS) is 13.6. The number of fused-ring (bicyclic) bond motifs is 2. The molecule has 0 spiro atoms. The van der Waals surface area contributed by atoms with Crippen molar-refractivity contribution in [2.45, 2.75) is 7.43 Å². The first-order valence-corrected chi connectivity index (χ1v) is 10.4. The molecule has 0 fully saturated rings. The third-order valence-corrected chi connectivity index (χ3v) is 5.69. The molecule has 1 aliphatic heterocycles. The minimum Gasteiger partial charge on any atom is -0.314 e. The zero-order valence-corrected chi connectivity index (χ0v) is 16.9. The van der Waals surface area contributed by atoms with Gasteiger partial charge in [-0.15, -0.1) is 0 Å². The van der Waals surface area contributed by atoms with Crippen molar-refractivity contribution in [3.05, 3.63) is 133 Å². The van der Waals surface area contributed by atoms with Gasteiger partial charge in [0.2, 0.25) is 11.4 Å². The summed E-state index contributed by atoms with van der Waals surface area (Å²) in [5.41, 5.74) is 8.76. The van der Waals surface area contributed by atoms with E-state index in [1.54, 1.807) is 0 Å². The van der Waals surface area contributed by atoms with Crippen LogP contribution in [0.1, 0.15) is 18.7 Å². The molecule has 0 amide bonds. The number of hydrogen-bond acceptors (Lipinski definition) is 1. The highest BCUT2D eigenvalue weighted by atomic mass is 15.0. The second-order valence-electron chi connectivity index (χ2n) is 7.59. The van der Waals surface area contributed by atoms with Crippen molar-refractivity contribution < 1.29 is 4.57 Å². The first-order chi connectivity index (χ1) is 15.4. The Labute approximate surface area is 188 Å². The molecule has 4 heterocycles. The third kappa shape index (κ3) is 3.25. The van der Waals surface area contributed by atoms with Crippen LogP contribution in [0.5, 0.6) is 0 Å². The summed E-state index contributed by atoms with van der Waals surface area (Å²) in [6.45, 7) is 0. The van der Waals surface area contributed by atoms with Crippen molar-refractivity contribution in [1.29, 1.82) is 0 Å². The topological polar surface area (TPSA) is 20.6 Å². The fourth-order valence-electron chi connectivity index (χ4n) is 4.24. The molecule has 6 rings (SSSR count). The molecular weight excluding hydrogens is 390 g/mol. The zero-order valence-electron chi connectivity index (χ0n) is 16.9. The predicted octanol–water partition coefficient (Wildman–Crippen LogP) is 6.55. The standard InChI is InChI=1S/C28H20N3.CH4/c1-3-11-21(12-4-1)27-19-23(25-15-7-9-17-30(25)27)29-24-20-28(22-13-5-2-6-14-22)31-18-10-8-16-26(24)31;/h1-20H;1H4/q+1;. The number of aliphatic imine (C=N–C) groups is 1. The van der Waals surface area contributed by atoms with Gasteiger partial charge < -0.3 is 4.40 Å². The monoisotopic (exact) mass is 414 g/mol. The van der Waals surface area contributed by atoms with Crippen molar-refractivity contribution >= 4 is 22.6 Å². The van der Waals surface area contributed by atoms with Crippen molar-refractivity contribution in [3.63, 3.8) is 0 Å². The lowest BCUT2D eigenvalue weighted by Crippen LogP contribution is -2.34. The Morgan fingerprint density at radius 1 is 0.688 bits per heavy atom. The van der Waals surface area contributed by atoms with E-state index in [2.05, 4.69) is 118 Å². The Hall–Kier alpha value is -4.24. The molecule has 1 aliphatic rings. The second kappa shape index (κ2) is 8.12. The molecule has 0 unspecified atom stereocenters. The van der Waals surface area contributed by atoms with Gasteiger partial charge in [0.05, 0.1) is 16.9 Å². The van der Waals surface area contributed by atoms with Gasteiger partial charge in [-0.25, -0.2) is 4.99 Å². The summed E-state index contributed by atoms with van der Waals surface area (Å²) in [5, 5.41) is 0. The van der Waals surface area contributed by atoms with Gasteiger partial charge in [-0.3, -0.25) is 0 Å². The van der Waals surface area contributed by atoms with Crippen molar-refractivity contribution in [2.24, 2.45) is 4.99 Å². The minimum absolute atomic E-state index is 0. The summed E-state index contributed by atoms with van der Waals surface area (Å²) in [5.74, 6) is 0. The highest BCUT2D eigenvalue weighted by Gasteiger charge is 2.29. The molecule has 3 nitrogen and oxygen atoms in total. The number of hydrogen-bond donors (Lipinski definition) is 0. The second-order valence-corrected chi connectivity index (χ2v) is 7.59. The Balaban J connectivity index is 0.00000216. The Morgan fingerprint density at radius 2 is 1.38 bits per heavy atom. The molecule has 3 heteroatoms. The average Bonchev–Trinajstić information content (AvgIpc) is 3.40. The van der Waals surface area contributed by atoms with Crippen LogP contribution in [0.15, 0.2) is 127 Å². The number of allylic oxidation sites excluding steroid dienone is 1. The van der Waals surface area contributed by atoms with E-state index in [1.165, 1.54) is 11.1 Å². The lowest BCUT2D eigenvalue weighted by molar-refractivity contribution is -0.577. The van der Waals surface area contributed by atoms with Gasteiger partial charge in [0.25, 0.3) is 0 Å². The van der Waals surface area contributed by atoms with E-state index < -0.39 is 0 Å². The zero-order chi connectivity index (χ0) is 20.6. The van der Waals surface area contributed by atoms with Gasteiger partial charge in [-0.1, -0.05) is 62.0 Å². The molecule has 0 saturated carbocycles. The maximum atomic E-state index is 5.15. The van der Waals surface area contributed by atoms with E-state index in [0.29, 0.717) is 0 Å². The van der Waals surface area contributed by atoms with E-state index in [1.807, 2.05) is 12.1 Å². The summed E-state index contributed by atoms with van der Waals surface area (Å²) >= 11 is 0. The summed E-state index contributed by atoms with van der Waals surface area (Å²) in [7, 11) is 0. The molecule has 3 aromatic heterocycles. The summed E-state index contributed by atoms with van der Waals surface area (Å²) in [6.07, 6.45) is 6.38. The van der Waals surface area contributed by atoms with Crippen LogP contribution in [0.4, 0.5) is 5.69 Å². The summed E-state index contributed by atoms with van der Waals surface area (Å²) < 4.78 is 4.43. The van der Waals surface area contributed by atoms with Crippen LogP contribution in [0.25, 0.3) is 22.5 Å². The molecule has 5 aromatic rings. The lowest BCUT2D eigenvalue weighted by atomic mass is 10.1.